The van der Waals surface area contributed by atoms with Crippen molar-refractivity contribution in [2.45, 2.75) is 32.8 Å². The minimum atomic E-state index is -0.493. The summed E-state index contributed by atoms with van der Waals surface area (Å²) in [6.45, 7) is 8.50. The topological polar surface area (TPSA) is 83.1 Å². The van der Waals surface area contributed by atoms with Crippen molar-refractivity contribution < 1.29 is 28.5 Å². The van der Waals surface area contributed by atoms with Crippen molar-refractivity contribution in [3.63, 3.8) is 0 Å². The summed E-state index contributed by atoms with van der Waals surface area (Å²) in [6, 6.07) is 0. The molecule has 0 aromatic carbocycles. The van der Waals surface area contributed by atoms with Gasteiger partial charge in [-0.3, -0.25) is 0 Å². The Morgan fingerprint density at radius 3 is 2.00 bits per heavy atom. The number of nitrogens with one attached hydrogen (secondary N) is 1. The molecule has 0 aliphatic heterocycles. The standard InChI is InChI=1S/C14H27NO6/c1-14(2,3)21-13(17)15-5-8-19-10-12-20-11-9-18-7-4-6-16/h6H,4-5,7-12H2,1-3H3,(H,15,17). The van der Waals surface area contributed by atoms with Gasteiger partial charge in [-0.15, -0.1) is 0 Å². The lowest BCUT2D eigenvalue weighted by Gasteiger charge is -2.19. The number of aldehydes is 1. The predicted molar refractivity (Wildman–Crippen MR) is 77.4 cm³/mol. The van der Waals surface area contributed by atoms with E-state index >= 15 is 0 Å². The first-order valence-electron chi connectivity index (χ1n) is 7.09. The summed E-state index contributed by atoms with van der Waals surface area (Å²) in [5, 5.41) is 2.59. The van der Waals surface area contributed by atoms with Crippen molar-refractivity contribution in [3.8, 4) is 0 Å². The lowest BCUT2D eigenvalue weighted by atomic mass is 10.2. The van der Waals surface area contributed by atoms with Gasteiger partial charge in [-0.2, -0.15) is 0 Å². The molecule has 0 aliphatic carbocycles. The minimum absolute atomic E-state index is 0.393. The number of ether oxygens (including phenoxy) is 4. The zero-order chi connectivity index (χ0) is 16.0. The highest BCUT2D eigenvalue weighted by molar-refractivity contribution is 5.67. The Hall–Kier alpha value is -1.18. The second-order valence-electron chi connectivity index (χ2n) is 5.22. The molecular weight excluding hydrogens is 278 g/mol. The van der Waals surface area contributed by atoms with Gasteiger partial charge in [0.15, 0.2) is 0 Å². The lowest BCUT2D eigenvalue weighted by Crippen LogP contribution is -2.34. The fraction of sp³-hybridized carbons (Fsp3) is 0.857. The van der Waals surface area contributed by atoms with E-state index in [1.54, 1.807) is 0 Å². The van der Waals surface area contributed by atoms with Gasteiger partial charge in [0, 0.05) is 13.0 Å². The van der Waals surface area contributed by atoms with Gasteiger partial charge in [0.2, 0.25) is 0 Å². The van der Waals surface area contributed by atoms with Crippen LogP contribution in [0, 0.1) is 0 Å². The van der Waals surface area contributed by atoms with E-state index in [0.717, 1.165) is 6.29 Å². The van der Waals surface area contributed by atoms with Crippen LogP contribution in [-0.4, -0.2) is 64.2 Å². The Labute approximate surface area is 126 Å². The summed E-state index contributed by atoms with van der Waals surface area (Å²) < 4.78 is 20.7. The van der Waals surface area contributed by atoms with Crippen LogP contribution in [0.3, 0.4) is 0 Å². The molecule has 0 radical (unpaired) electrons. The van der Waals surface area contributed by atoms with Crippen LogP contribution in [-0.2, 0) is 23.7 Å². The third-order valence-electron chi connectivity index (χ3n) is 2.04. The summed E-state index contributed by atoms with van der Waals surface area (Å²) in [6.07, 6.45) is 0.781. The van der Waals surface area contributed by atoms with Crippen LogP contribution in [0.5, 0.6) is 0 Å². The average Bonchev–Trinajstić information content (AvgIpc) is 2.38. The van der Waals surface area contributed by atoms with Gasteiger partial charge in [-0.05, 0) is 20.8 Å². The van der Waals surface area contributed by atoms with Gasteiger partial charge in [-0.1, -0.05) is 0 Å². The number of carbonyl (C=O) groups is 2. The monoisotopic (exact) mass is 305 g/mol. The molecule has 124 valence electrons. The molecule has 0 bridgehead atoms. The van der Waals surface area contributed by atoms with Crippen LogP contribution in [0.1, 0.15) is 27.2 Å². The van der Waals surface area contributed by atoms with E-state index < -0.39 is 11.7 Å². The highest BCUT2D eigenvalue weighted by atomic mass is 16.6. The molecule has 0 unspecified atom stereocenters. The highest BCUT2D eigenvalue weighted by Gasteiger charge is 2.15. The fourth-order valence-electron chi connectivity index (χ4n) is 1.21. The number of hydrogen-bond acceptors (Lipinski definition) is 6. The second-order valence-corrected chi connectivity index (χ2v) is 5.22. The first kappa shape index (κ1) is 19.8. The molecule has 0 aromatic rings. The Bertz CT molecular complexity index is 277. The maximum Gasteiger partial charge on any atom is 0.407 e. The molecule has 0 atom stereocenters. The van der Waals surface area contributed by atoms with Gasteiger partial charge in [0.25, 0.3) is 0 Å². The number of carbonyl (C=O) groups excluding carboxylic acids is 2. The van der Waals surface area contributed by atoms with Gasteiger partial charge in [0.05, 0.1) is 39.6 Å². The Kier molecular flexibility index (Phi) is 11.8. The van der Waals surface area contributed by atoms with E-state index in [0.29, 0.717) is 52.6 Å². The molecule has 21 heavy (non-hydrogen) atoms. The molecule has 0 heterocycles. The van der Waals surface area contributed by atoms with Crippen LogP contribution >= 0.6 is 0 Å². The normalized spacial score (nSPS) is 11.2. The van der Waals surface area contributed by atoms with Crippen LogP contribution in [0.25, 0.3) is 0 Å². The summed E-state index contributed by atoms with van der Waals surface area (Å²) in [5.41, 5.74) is -0.493. The molecule has 7 heteroatoms. The molecule has 1 N–H and O–H groups in total. The van der Waals surface area contributed by atoms with E-state index in [4.69, 9.17) is 18.9 Å². The molecule has 0 aromatic heterocycles. The van der Waals surface area contributed by atoms with Gasteiger partial charge in [0.1, 0.15) is 11.9 Å². The summed E-state index contributed by atoms with van der Waals surface area (Å²) >= 11 is 0. The van der Waals surface area contributed by atoms with Crippen LogP contribution in [0.2, 0.25) is 0 Å². The zero-order valence-electron chi connectivity index (χ0n) is 13.2. The van der Waals surface area contributed by atoms with E-state index in [1.165, 1.54) is 0 Å². The quantitative estimate of drug-likeness (QED) is 0.430. The minimum Gasteiger partial charge on any atom is -0.444 e. The zero-order valence-corrected chi connectivity index (χ0v) is 13.2. The van der Waals surface area contributed by atoms with Crippen molar-refractivity contribution in [2.75, 3.05) is 46.2 Å². The van der Waals surface area contributed by atoms with Gasteiger partial charge >= 0.3 is 6.09 Å². The summed E-state index contributed by atoms with van der Waals surface area (Å²) in [4.78, 5) is 21.3. The Morgan fingerprint density at radius 1 is 0.952 bits per heavy atom. The SMILES string of the molecule is CC(C)(C)OC(=O)NCCOCCOCCOCCC=O. The molecular formula is C14H27NO6. The van der Waals surface area contributed by atoms with Crippen molar-refractivity contribution in [1.82, 2.24) is 5.32 Å². The van der Waals surface area contributed by atoms with Crippen LogP contribution in [0.15, 0.2) is 0 Å². The Morgan fingerprint density at radius 2 is 1.48 bits per heavy atom. The van der Waals surface area contributed by atoms with Gasteiger partial charge < -0.3 is 29.1 Å². The van der Waals surface area contributed by atoms with Crippen molar-refractivity contribution in [1.29, 1.82) is 0 Å². The number of hydrogen-bond donors (Lipinski definition) is 1. The van der Waals surface area contributed by atoms with Crippen molar-refractivity contribution in [2.24, 2.45) is 0 Å². The third-order valence-corrected chi connectivity index (χ3v) is 2.04. The number of rotatable bonds is 12. The van der Waals surface area contributed by atoms with Gasteiger partial charge in [-0.25, -0.2) is 4.79 Å². The summed E-state index contributed by atoms with van der Waals surface area (Å²) in [5.74, 6) is 0. The molecule has 0 saturated heterocycles. The molecule has 0 rings (SSSR count). The largest absolute Gasteiger partial charge is 0.444 e. The molecule has 0 fully saturated rings. The maximum absolute atomic E-state index is 11.3. The molecule has 0 saturated carbocycles. The first-order valence-corrected chi connectivity index (χ1v) is 7.09. The van der Waals surface area contributed by atoms with Crippen LogP contribution < -0.4 is 5.32 Å². The molecule has 7 nitrogen and oxygen atoms in total. The van der Waals surface area contributed by atoms with Crippen molar-refractivity contribution >= 4 is 12.4 Å². The predicted octanol–water partition coefficient (Wildman–Crippen LogP) is 1.15. The highest BCUT2D eigenvalue weighted by Crippen LogP contribution is 2.05. The van der Waals surface area contributed by atoms with Crippen LogP contribution in [0.4, 0.5) is 4.79 Å². The average molecular weight is 305 g/mol. The van der Waals surface area contributed by atoms with E-state index in [1.807, 2.05) is 20.8 Å². The first-order chi connectivity index (χ1) is 9.95. The third kappa shape index (κ3) is 16.8. The van der Waals surface area contributed by atoms with E-state index in [-0.39, 0.29) is 0 Å². The Balaban J connectivity index is 3.19. The van der Waals surface area contributed by atoms with E-state index in [9.17, 15) is 9.59 Å². The van der Waals surface area contributed by atoms with Crippen molar-refractivity contribution in [3.05, 3.63) is 0 Å². The summed E-state index contributed by atoms with van der Waals surface area (Å²) in [7, 11) is 0. The smallest absolute Gasteiger partial charge is 0.407 e. The second kappa shape index (κ2) is 12.6. The molecule has 1 amide bonds. The molecule has 0 spiro atoms. The molecule has 0 aliphatic rings. The maximum atomic E-state index is 11.3. The number of amides is 1. The fourth-order valence-corrected chi connectivity index (χ4v) is 1.21. The van der Waals surface area contributed by atoms with E-state index in [2.05, 4.69) is 5.32 Å². The lowest BCUT2D eigenvalue weighted by molar-refractivity contribution is -0.108. The number of alkyl carbamates (subject to hydrolysis) is 1.